The molecule has 1 saturated heterocycles. The highest BCUT2D eigenvalue weighted by atomic mass is 16.2. The van der Waals surface area contributed by atoms with Crippen LogP contribution in [0.3, 0.4) is 0 Å². The van der Waals surface area contributed by atoms with E-state index in [-0.39, 0.29) is 12.3 Å². The van der Waals surface area contributed by atoms with E-state index < -0.39 is 11.8 Å². The van der Waals surface area contributed by atoms with E-state index in [9.17, 15) is 14.4 Å². The molecule has 0 aromatic heterocycles. The number of nitrogens with two attached hydrogens (primary N) is 1. The Bertz CT molecular complexity index is 496. The highest BCUT2D eigenvalue weighted by molar-refractivity contribution is 6.41. The third kappa shape index (κ3) is 2.23. The predicted molar refractivity (Wildman–Crippen MR) is 65.2 cm³/mol. The van der Waals surface area contributed by atoms with Gasteiger partial charge < -0.3 is 16.0 Å². The predicted octanol–water partition coefficient (Wildman–Crippen LogP) is -0.709. The van der Waals surface area contributed by atoms with Gasteiger partial charge in [0, 0.05) is 24.3 Å². The Labute approximate surface area is 104 Å². The molecule has 6 nitrogen and oxygen atoms in total. The number of hydrogen-bond donors (Lipinski definition) is 2. The third-order valence-electron chi connectivity index (χ3n) is 2.75. The lowest BCUT2D eigenvalue weighted by Crippen LogP contribution is -2.52. The maximum atomic E-state index is 11.6. The minimum Gasteiger partial charge on any atom is -0.346 e. The van der Waals surface area contributed by atoms with Crippen molar-refractivity contribution in [2.75, 3.05) is 24.5 Å². The molecule has 18 heavy (non-hydrogen) atoms. The number of benzene rings is 1. The largest absolute Gasteiger partial charge is 0.346 e. The molecule has 94 valence electrons. The van der Waals surface area contributed by atoms with Crippen molar-refractivity contribution in [2.45, 2.75) is 0 Å². The minimum absolute atomic E-state index is 0.0512. The van der Waals surface area contributed by atoms with E-state index in [2.05, 4.69) is 5.32 Å². The number of nitrogens with one attached hydrogen (secondary N) is 1. The van der Waals surface area contributed by atoms with Gasteiger partial charge in [-0.25, -0.2) is 0 Å². The van der Waals surface area contributed by atoms with Crippen LogP contribution in [0.1, 0.15) is 10.4 Å². The number of anilines is 1. The normalized spacial score (nSPS) is 15.5. The van der Waals surface area contributed by atoms with Crippen LogP contribution in [0.15, 0.2) is 24.3 Å². The van der Waals surface area contributed by atoms with Gasteiger partial charge in [-0.05, 0) is 24.3 Å². The second-order valence-electron chi connectivity index (χ2n) is 3.89. The summed E-state index contributed by atoms with van der Waals surface area (Å²) in [6.45, 7) is 0.799. The van der Waals surface area contributed by atoms with Gasteiger partial charge in [0.2, 0.25) is 0 Å². The zero-order valence-electron chi connectivity index (χ0n) is 9.68. The Morgan fingerprint density at radius 2 is 1.94 bits per heavy atom. The van der Waals surface area contributed by atoms with Gasteiger partial charge in [0.15, 0.2) is 5.78 Å². The molecule has 1 aliphatic heterocycles. The maximum Gasteiger partial charge on any atom is 0.316 e. The number of hydrogen-bond acceptors (Lipinski definition) is 4. The fourth-order valence-electron chi connectivity index (χ4n) is 1.77. The number of nitrogens with zero attached hydrogens (tertiary/aromatic N) is 1. The van der Waals surface area contributed by atoms with E-state index in [0.717, 1.165) is 0 Å². The maximum absolute atomic E-state index is 11.6. The molecule has 2 rings (SSSR count). The third-order valence-corrected chi connectivity index (χ3v) is 2.75. The summed E-state index contributed by atoms with van der Waals surface area (Å²) < 4.78 is 0. The average molecular weight is 247 g/mol. The van der Waals surface area contributed by atoms with Crippen molar-refractivity contribution in [2.24, 2.45) is 5.73 Å². The number of carbonyl (C=O) groups is 3. The van der Waals surface area contributed by atoms with Crippen LogP contribution < -0.4 is 16.0 Å². The fraction of sp³-hybridized carbons (Fsp3) is 0.250. The molecule has 1 aromatic rings. The number of piperazine rings is 1. The van der Waals surface area contributed by atoms with E-state index in [4.69, 9.17) is 5.73 Å². The summed E-state index contributed by atoms with van der Waals surface area (Å²) in [4.78, 5) is 35.6. The Kier molecular flexibility index (Phi) is 3.38. The Balaban J connectivity index is 2.21. The summed E-state index contributed by atoms with van der Waals surface area (Å²) in [5.74, 6) is -1.35. The summed E-state index contributed by atoms with van der Waals surface area (Å²) in [6, 6.07) is 6.48. The molecular formula is C12H13N3O3. The number of ketones is 1. The Morgan fingerprint density at radius 3 is 2.56 bits per heavy atom. The topological polar surface area (TPSA) is 92.5 Å². The summed E-state index contributed by atoms with van der Waals surface area (Å²) in [7, 11) is 0. The van der Waals surface area contributed by atoms with Crippen LogP contribution in [-0.2, 0) is 9.59 Å². The number of rotatable bonds is 3. The van der Waals surface area contributed by atoms with E-state index in [0.29, 0.717) is 24.3 Å². The van der Waals surface area contributed by atoms with Crippen molar-refractivity contribution in [1.29, 1.82) is 0 Å². The van der Waals surface area contributed by atoms with Crippen LogP contribution in [0, 0.1) is 0 Å². The van der Waals surface area contributed by atoms with Crippen molar-refractivity contribution >= 4 is 23.3 Å². The lowest BCUT2D eigenvalue weighted by Gasteiger charge is -2.26. The van der Waals surface area contributed by atoms with Crippen molar-refractivity contribution < 1.29 is 14.4 Å². The zero-order valence-corrected chi connectivity index (χ0v) is 9.68. The molecule has 1 aromatic carbocycles. The van der Waals surface area contributed by atoms with Gasteiger partial charge in [-0.3, -0.25) is 14.4 Å². The first kappa shape index (κ1) is 12.3. The lowest BCUT2D eigenvalue weighted by atomic mass is 10.1. The van der Waals surface area contributed by atoms with Gasteiger partial charge in [0.1, 0.15) is 0 Å². The highest BCUT2D eigenvalue weighted by Gasteiger charge is 2.27. The van der Waals surface area contributed by atoms with E-state index in [1.165, 1.54) is 4.90 Å². The quantitative estimate of drug-likeness (QED) is 0.545. The van der Waals surface area contributed by atoms with Gasteiger partial charge in [0.05, 0.1) is 6.54 Å². The smallest absolute Gasteiger partial charge is 0.316 e. The molecule has 0 spiro atoms. The standard InChI is InChI=1S/C12H13N3O3/c13-7-10(16)8-1-3-9(4-2-8)15-6-5-14-11(17)12(15)18/h1-4H,5-7,13H2,(H,14,17). The van der Waals surface area contributed by atoms with Crippen molar-refractivity contribution in [3.63, 3.8) is 0 Å². The summed E-state index contributed by atoms with van der Waals surface area (Å²) in [5.41, 5.74) is 6.35. The molecule has 0 bridgehead atoms. The second kappa shape index (κ2) is 4.97. The molecule has 1 aliphatic rings. The fourth-order valence-corrected chi connectivity index (χ4v) is 1.77. The lowest BCUT2D eigenvalue weighted by molar-refractivity contribution is -0.138. The van der Waals surface area contributed by atoms with Crippen LogP contribution in [0.25, 0.3) is 0 Å². The number of amides is 2. The summed E-state index contributed by atoms with van der Waals surface area (Å²) in [5, 5.41) is 2.47. The van der Waals surface area contributed by atoms with Crippen molar-refractivity contribution in [3.05, 3.63) is 29.8 Å². The first-order chi connectivity index (χ1) is 8.63. The molecule has 0 radical (unpaired) electrons. The van der Waals surface area contributed by atoms with Crippen LogP contribution in [0.5, 0.6) is 0 Å². The molecule has 0 atom stereocenters. The Morgan fingerprint density at radius 1 is 1.28 bits per heavy atom. The molecule has 1 fully saturated rings. The molecule has 2 amide bonds. The van der Waals surface area contributed by atoms with Crippen molar-refractivity contribution in [3.8, 4) is 0 Å². The van der Waals surface area contributed by atoms with Crippen LogP contribution in [0.4, 0.5) is 5.69 Å². The van der Waals surface area contributed by atoms with E-state index in [1.807, 2.05) is 0 Å². The van der Waals surface area contributed by atoms with Crippen LogP contribution in [-0.4, -0.2) is 37.2 Å². The summed E-state index contributed by atoms with van der Waals surface area (Å²) >= 11 is 0. The zero-order chi connectivity index (χ0) is 13.1. The first-order valence-electron chi connectivity index (χ1n) is 5.56. The van der Waals surface area contributed by atoms with Crippen LogP contribution >= 0.6 is 0 Å². The molecular weight excluding hydrogens is 234 g/mol. The van der Waals surface area contributed by atoms with Gasteiger partial charge in [-0.1, -0.05) is 0 Å². The summed E-state index contributed by atoms with van der Waals surface area (Å²) in [6.07, 6.45) is 0. The van der Waals surface area contributed by atoms with Gasteiger partial charge >= 0.3 is 11.8 Å². The molecule has 0 aliphatic carbocycles. The molecule has 1 heterocycles. The van der Waals surface area contributed by atoms with E-state index in [1.54, 1.807) is 24.3 Å². The number of carbonyl (C=O) groups excluding carboxylic acids is 3. The molecule has 3 N–H and O–H groups in total. The second-order valence-corrected chi connectivity index (χ2v) is 3.89. The average Bonchev–Trinajstić information content (AvgIpc) is 2.41. The minimum atomic E-state index is -0.608. The van der Waals surface area contributed by atoms with E-state index >= 15 is 0 Å². The molecule has 0 saturated carbocycles. The Hall–Kier alpha value is -2.21. The number of Topliss-reactive ketones (excluding diaryl/α,β-unsaturated/α-hetero) is 1. The van der Waals surface area contributed by atoms with Crippen molar-refractivity contribution in [1.82, 2.24) is 5.32 Å². The molecule has 0 unspecified atom stereocenters. The monoisotopic (exact) mass is 247 g/mol. The molecule has 6 heteroatoms. The van der Waals surface area contributed by atoms with Crippen LogP contribution in [0.2, 0.25) is 0 Å². The van der Waals surface area contributed by atoms with Gasteiger partial charge in [0.25, 0.3) is 0 Å². The van der Waals surface area contributed by atoms with Gasteiger partial charge in [-0.15, -0.1) is 0 Å². The SMILES string of the molecule is NCC(=O)c1ccc(N2CCNC(=O)C2=O)cc1. The highest BCUT2D eigenvalue weighted by Crippen LogP contribution is 2.16. The first-order valence-corrected chi connectivity index (χ1v) is 5.56. The van der Waals surface area contributed by atoms with Gasteiger partial charge in [-0.2, -0.15) is 0 Å².